The fraction of sp³-hybridized carbons (Fsp3) is 0.600. The minimum Gasteiger partial charge on any atom is -0.391 e. The first-order valence-corrected chi connectivity index (χ1v) is 8.73. The molecule has 0 spiro atoms. The molecule has 4 heteroatoms. The van der Waals surface area contributed by atoms with E-state index in [1.165, 1.54) is 17.9 Å². The maximum absolute atomic E-state index is 10.1. The van der Waals surface area contributed by atoms with Crippen molar-refractivity contribution in [1.29, 1.82) is 0 Å². The van der Waals surface area contributed by atoms with Crippen LogP contribution in [0, 0.1) is 0 Å². The van der Waals surface area contributed by atoms with Crippen molar-refractivity contribution in [3.8, 4) is 0 Å². The highest BCUT2D eigenvalue weighted by atomic mass is 32.2. The van der Waals surface area contributed by atoms with Crippen LogP contribution in [0.1, 0.15) is 25.3 Å². The molecule has 1 atom stereocenters. The first-order valence-electron chi connectivity index (χ1n) is 6.76. The molecule has 1 saturated heterocycles. The molecule has 1 heterocycles. The van der Waals surface area contributed by atoms with E-state index in [0.29, 0.717) is 13.2 Å². The van der Waals surface area contributed by atoms with E-state index < -0.39 is 0 Å². The van der Waals surface area contributed by atoms with Gasteiger partial charge in [0.1, 0.15) is 0 Å². The van der Waals surface area contributed by atoms with Gasteiger partial charge in [0.25, 0.3) is 0 Å². The Kier molecular flexibility index (Phi) is 6.07. The van der Waals surface area contributed by atoms with Crippen molar-refractivity contribution in [2.45, 2.75) is 36.6 Å². The predicted octanol–water partition coefficient (Wildman–Crippen LogP) is 3.54. The molecule has 0 aliphatic carbocycles. The summed E-state index contributed by atoms with van der Waals surface area (Å²) >= 11 is 3.94. The number of benzene rings is 1. The molecule has 0 aromatic heterocycles. The highest BCUT2D eigenvalue weighted by Crippen LogP contribution is 2.44. The average molecular weight is 298 g/mol. The normalized spacial score (nSPS) is 20.1. The van der Waals surface area contributed by atoms with Gasteiger partial charge in [-0.25, -0.2) is 0 Å². The van der Waals surface area contributed by atoms with Crippen LogP contribution in [0.15, 0.2) is 30.3 Å². The van der Waals surface area contributed by atoms with Gasteiger partial charge >= 0.3 is 0 Å². The van der Waals surface area contributed by atoms with Crippen molar-refractivity contribution in [3.63, 3.8) is 0 Å². The number of hydrogen-bond donors (Lipinski definition) is 1. The molecule has 1 N–H and O–H groups in total. The number of aliphatic hydroxyl groups excluding tert-OH is 1. The average Bonchev–Trinajstić information content (AvgIpc) is 2.40. The summed E-state index contributed by atoms with van der Waals surface area (Å²) in [7, 11) is 0. The second kappa shape index (κ2) is 7.58. The molecule has 19 heavy (non-hydrogen) atoms. The zero-order valence-corrected chi connectivity index (χ0v) is 13.0. The van der Waals surface area contributed by atoms with Gasteiger partial charge in [-0.15, -0.1) is 23.5 Å². The first kappa shape index (κ1) is 15.2. The molecule has 1 aromatic rings. The molecule has 0 saturated carbocycles. The Labute approximate surface area is 124 Å². The molecular weight excluding hydrogens is 276 g/mol. The third-order valence-corrected chi connectivity index (χ3v) is 6.38. The van der Waals surface area contributed by atoms with E-state index in [1.807, 2.05) is 53.9 Å². The Morgan fingerprint density at radius 3 is 2.63 bits per heavy atom. The molecule has 0 amide bonds. The summed E-state index contributed by atoms with van der Waals surface area (Å²) in [6.07, 6.45) is 1.72. The first-order chi connectivity index (χ1) is 9.18. The van der Waals surface area contributed by atoms with Crippen molar-refractivity contribution in [2.75, 3.05) is 18.1 Å². The molecule has 1 unspecified atom stereocenters. The van der Waals surface area contributed by atoms with E-state index in [-0.39, 0.29) is 10.2 Å². The van der Waals surface area contributed by atoms with Crippen molar-refractivity contribution in [1.82, 2.24) is 0 Å². The number of ether oxygens (including phenoxy) is 1. The number of thioether (sulfide) groups is 2. The maximum Gasteiger partial charge on any atom is 0.0795 e. The van der Waals surface area contributed by atoms with Gasteiger partial charge in [-0.1, -0.05) is 30.3 Å². The Hall–Kier alpha value is -0.160. The molecule has 2 nitrogen and oxygen atoms in total. The molecule has 0 bridgehead atoms. The summed E-state index contributed by atoms with van der Waals surface area (Å²) in [6.45, 7) is 3.24. The molecular formula is C15H22O2S2. The van der Waals surface area contributed by atoms with Crippen LogP contribution >= 0.6 is 23.5 Å². The molecule has 1 aliphatic rings. The van der Waals surface area contributed by atoms with E-state index >= 15 is 0 Å². The number of hydrogen-bond acceptors (Lipinski definition) is 4. The Morgan fingerprint density at radius 2 is 1.95 bits per heavy atom. The SMILES string of the molecule is CC1(CC(O)COCc2ccccc2)SCCCS1. The molecule has 106 valence electrons. The van der Waals surface area contributed by atoms with Gasteiger partial charge in [-0.05, 0) is 36.8 Å². The van der Waals surface area contributed by atoms with Crippen LogP contribution in [0.25, 0.3) is 0 Å². The van der Waals surface area contributed by atoms with Gasteiger partial charge < -0.3 is 9.84 Å². The zero-order chi connectivity index (χ0) is 13.6. The lowest BCUT2D eigenvalue weighted by molar-refractivity contribution is 0.0238. The van der Waals surface area contributed by atoms with E-state index in [2.05, 4.69) is 6.92 Å². The molecule has 0 radical (unpaired) electrons. The largest absolute Gasteiger partial charge is 0.391 e. The summed E-state index contributed by atoms with van der Waals surface area (Å²) in [6, 6.07) is 10.1. The van der Waals surface area contributed by atoms with Crippen LogP contribution in [0.2, 0.25) is 0 Å². The number of rotatable bonds is 6. The monoisotopic (exact) mass is 298 g/mol. The molecule has 1 aliphatic heterocycles. The summed E-state index contributed by atoms with van der Waals surface area (Å²) in [4.78, 5) is 0. The Balaban J connectivity index is 1.68. The lowest BCUT2D eigenvalue weighted by Gasteiger charge is -2.33. The topological polar surface area (TPSA) is 29.5 Å². The van der Waals surface area contributed by atoms with Gasteiger partial charge in [0.2, 0.25) is 0 Å². The van der Waals surface area contributed by atoms with Crippen molar-refractivity contribution >= 4 is 23.5 Å². The number of aliphatic hydroxyl groups is 1. The van der Waals surface area contributed by atoms with Crippen LogP contribution in [-0.4, -0.2) is 33.4 Å². The summed E-state index contributed by atoms with van der Waals surface area (Å²) in [5, 5.41) is 10.1. The maximum atomic E-state index is 10.1. The van der Waals surface area contributed by atoms with Gasteiger partial charge in [0.05, 0.1) is 23.4 Å². The lowest BCUT2D eigenvalue weighted by Crippen LogP contribution is -2.29. The summed E-state index contributed by atoms with van der Waals surface area (Å²) in [5.74, 6) is 2.42. The van der Waals surface area contributed by atoms with Crippen LogP contribution < -0.4 is 0 Å². The van der Waals surface area contributed by atoms with Gasteiger partial charge in [-0.3, -0.25) is 0 Å². The fourth-order valence-electron chi connectivity index (χ4n) is 2.17. The standard InChI is InChI=1S/C15H22O2S2/c1-15(18-8-5-9-19-15)10-14(16)12-17-11-13-6-3-2-4-7-13/h2-4,6-7,14,16H,5,8-12H2,1H3. The third-order valence-electron chi connectivity index (χ3n) is 3.13. The summed E-state index contributed by atoms with van der Waals surface area (Å²) in [5.41, 5.74) is 1.15. The van der Waals surface area contributed by atoms with E-state index in [1.54, 1.807) is 0 Å². The van der Waals surface area contributed by atoms with Gasteiger partial charge in [0, 0.05) is 0 Å². The van der Waals surface area contributed by atoms with E-state index in [4.69, 9.17) is 4.74 Å². The van der Waals surface area contributed by atoms with Crippen LogP contribution in [-0.2, 0) is 11.3 Å². The van der Waals surface area contributed by atoms with Gasteiger partial charge in [-0.2, -0.15) is 0 Å². The molecule has 2 rings (SSSR count). The zero-order valence-electron chi connectivity index (χ0n) is 11.4. The minimum absolute atomic E-state index is 0.160. The van der Waals surface area contributed by atoms with E-state index in [0.717, 1.165) is 12.0 Å². The second-order valence-electron chi connectivity index (χ2n) is 5.04. The third kappa shape index (κ3) is 5.38. The smallest absolute Gasteiger partial charge is 0.0795 e. The van der Waals surface area contributed by atoms with Crippen molar-refractivity contribution in [3.05, 3.63) is 35.9 Å². The highest BCUT2D eigenvalue weighted by molar-refractivity contribution is 8.18. The lowest BCUT2D eigenvalue weighted by atomic mass is 10.2. The Bertz CT molecular complexity index is 364. The fourth-order valence-corrected chi connectivity index (χ4v) is 5.25. The second-order valence-corrected chi connectivity index (χ2v) is 8.50. The minimum atomic E-state index is -0.369. The Morgan fingerprint density at radius 1 is 1.26 bits per heavy atom. The van der Waals surface area contributed by atoms with Gasteiger partial charge in [0.15, 0.2) is 0 Å². The summed E-state index contributed by atoms with van der Waals surface area (Å²) < 4.78 is 5.76. The van der Waals surface area contributed by atoms with Crippen molar-refractivity contribution in [2.24, 2.45) is 0 Å². The highest BCUT2D eigenvalue weighted by Gasteiger charge is 2.30. The van der Waals surface area contributed by atoms with Crippen LogP contribution in [0.5, 0.6) is 0 Å². The molecule has 1 aromatic carbocycles. The van der Waals surface area contributed by atoms with Crippen LogP contribution in [0.3, 0.4) is 0 Å². The van der Waals surface area contributed by atoms with Crippen molar-refractivity contribution < 1.29 is 9.84 Å². The quantitative estimate of drug-likeness (QED) is 0.870. The van der Waals surface area contributed by atoms with Crippen LogP contribution in [0.4, 0.5) is 0 Å². The van der Waals surface area contributed by atoms with E-state index in [9.17, 15) is 5.11 Å². The predicted molar refractivity (Wildman–Crippen MR) is 84.7 cm³/mol. The molecule has 1 fully saturated rings.